The number of hydrogen-bond donors (Lipinski definition) is 1. The molecule has 1 aromatic heterocycles. The first-order valence-electron chi connectivity index (χ1n) is 6.57. The number of aromatic nitrogens is 3. The van der Waals surface area contributed by atoms with Crippen molar-refractivity contribution < 1.29 is 4.92 Å². The quantitative estimate of drug-likeness (QED) is 0.505. The summed E-state index contributed by atoms with van der Waals surface area (Å²) in [6.45, 7) is 0. The second-order valence-electron chi connectivity index (χ2n) is 4.85. The Labute approximate surface area is 142 Å². The predicted octanol–water partition coefficient (Wildman–Crippen LogP) is 2.15. The molecule has 0 unspecified atom stereocenters. The monoisotopic (exact) mass is 345 g/mol. The minimum absolute atomic E-state index is 0.00922. The zero-order valence-electron chi connectivity index (χ0n) is 12.8. The van der Waals surface area contributed by atoms with E-state index >= 15 is 0 Å². The van der Waals surface area contributed by atoms with Crippen molar-refractivity contribution in [3.8, 4) is 6.07 Å². The summed E-state index contributed by atoms with van der Waals surface area (Å²) in [5.41, 5.74) is 5.87. The van der Waals surface area contributed by atoms with Crippen LogP contribution in [0.4, 0.5) is 17.6 Å². The van der Waals surface area contributed by atoms with E-state index in [0.29, 0.717) is 11.5 Å². The third-order valence-corrected chi connectivity index (χ3v) is 3.20. The summed E-state index contributed by atoms with van der Waals surface area (Å²) in [5, 5.41) is 20.3. The molecule has 122 valence electrons. The Hall–Kier alpha value is -3.25. The van der Waals surface area contributed by atoms with Crippen molar-refractivity contribution in [2.75, 3.05) is 24.7 Å². The summed E-state index contributed by atoms with van der Waals surface area (Å²) in [6, 6.07) is 6.14. The largest absolute Gasteiger partial charge is 0.368 e. The Morgan fingerprint density at radius 3 is 2.71 bits per heavy atom. The Morgan fingerprint density at radius 2 is 2.12 bits per heavy atom. The van der Waals surface area contributed by atoms with Crippen LogP contribution in [0.1, 0.15) is 11.4 Å². The van der Waals surface area contributed by atoms with Gasteiger partial charge in [0.2, 0.25) is 11.9 Å². The summed E-state index contributed by atoms with van der Waals surface area (Å²) >= 11 is 5.77. The normalized spacial score (nSPS) is 11.0. The van der Waals surface area contributed by atoms with Gasteiger partial charge in [-0.3, -0.25) is 10.1 Å². The van der Waals surface area contributed by atoms with Crippen LogP contribution in [-0.4, -0.2) is 34.0 Å². The predicted molar refractivity (Wildman–Crippen MR) is 90.2 cm³/mol. The van der Waals surface area contributed by atoms with E-state index in [2.05, 4.69) is 15.0 Å². The molecular formula is C14H12ClN7O2. The molecule has 24 heavy (non-hydrogen) atoms. The molecule has 0 bridgehead atoms. The molecule has 0 fully saturated rings. The highest BCUT2D eigenvalue weighted by Crippen LogP contribution is 2.27. The summed E-state index contributed by atoms with van der Waals surface area (Å²) in [6.07, 6.45) is 1.41. The summed E-state index contributed by atoms with van der Waals surface area (Å²) in [7, 11) is 3.44. The smallest absolute Gasteiger partial charge is 0.288 e. The van der Waals surface area contributed by atoms with Crippen LogP contribution in [0.3, 0.4) is 0 Å². The van der Waals surface area contributed by atoms with Crippen molar-refractivity contribution in [3.05, 3.63) is 44.7 Å². The first-order valence-corrected chi connectivity index (χ1v) is 6.94. The van der Waals surface area contributed by atoms with E-state index in [1.807, 2.05) is 6.07 Å². The lowest BCUT2D eigenvalue weighted by Gasteiger charge is -2.11. The highest BCUT2D eigenvalue weighted by atomic mass is 35.5. The van der Waals surface area contributed by atoms with Crippen molar-refractivity contribution in [3.63, 3.8) is 0 Å². The molecule has 2 N–H and O–H groups in total. The van der Waals surface area contributed by atoms with E-state index in [-0.39, 0.29) is 28.1 Å². The molecule has 0 spiro atoms. The Balaban J connectivity index is 2.53. The van der Waals surface area contributed by atoms with Gasteiger partial charge in [0.1, 0.15) is 11.1 Å². The van der Waals surface area contributed by atoms with Gasteiger partial charge in [-0.15, -0.1) is 0 Å². The second kappa shape index (κ2) is 6.89. The van der Waals surface area contributed by atoms with E-state index in [4.69, 9.17) is 17.3 Å². The van der Waals surface area contributed by atoms with Crippen LogP contribution < -0.4 is 10.6 Å². The average Bonchev–Trinajstić information content (AvgIpc) is 2.53. The van der Waals surface area contributed by atoms with Crippen LogP contribution in [0, 0.1) is 21.4 Å². The second-order valence-corrected chi connectivity index (χ2v) is 5.26. The highest BCUT2D eigenvalue weighted by molar-refractivity contribution is 6.32. The van der Waals surface area contributed by atoms with E-state index in [0.717, 1.165) is 0 Å². The minimum Gasteiger partial charge on any atom is -0.368 e. The Bertz CT molecular complexity index is 874. The number of rotatable bonds is 4. The highest BCUT2D eigenvalue weighted by Gasteiger charge is 2.14. The summed E-state index contributed by atoms with van der Waals surface area (Å²) in [5.74, 6) is 0.332. The van der Waals surface area contributed by atoms with Crippen LogP contribution in [0.15, 0.2) is 18.2 Å². The van der Waals surface area contributed by atoms with Gasteiger partial charge < -0.3 is 10.6 Å². The molecule has 0 amide bonds. The maximum Gasteiger partial charge on any atom is 0.288 e. The number of nitrogens with two attached hydrogens (primary N) is 1. The number of anilines is 2. The van der Waals surface area contributed by atoms with Crippen LogP contribution in [0.25, 0.3) is 11.6 Å². The molecule has 0 saturated carbocycles. The molecule has 9 nitrogen and oxygen atoms in total. The molecule has 0 aliphatic heterocycles. The maximum absolute atomic E-state index is 10.9. The molecule has 1 aromatic carbocycles. The van der Waals surface area contributed by atoms with Gasteiger partial charge in [-0.1, -0.05) is 17.7 Å². The van der Waals surface area contributed by atoms with Crippen LogP contribution in [0.5, 0.6) is 0 Å². The maximum atomic E-state index is 10.9. The molecule has 0 saturated heterocycles. The zero-order valence-corrected chi connectivity index (χ0v) is 13.5. The number of nitrogen functional groups attached to an aromatic ring is 1. The van der Waals surface area contributed by atoms with Crippen LogP contribution in [0.2, 0.25) is 5.02 Å². The molecule has 10 heteroatoms. The Morgan fingerprint density at radius 1 is 1.42 bits per heavy atom. The minimum atomic E-state index is -0.600. The standard InChI is InChI=1S/C14H12ClN7O2/c1-21(2)14-19-12(18-13(17)20-14)9(7-16)5-8-3-4-10(15)11(6-8)22(23)24/h3-6H,1-2H3,(H2,17,18,19,20)/b9-5+. The molecule has 1 heterocycles. The molecule has 0 aliphatic rings. The number of benzene rings is 1. The average molecular weight is 346 g/mol. The topological polar surface area (TPSA) is 135 Å². The number of nitriles is 1. The van der Waals surface area contributed by atoms with Gasteiger partial charge >= 0.3 is 0 Å². The fourth-order valence-corrected chi connectivity index (χ4v) is 1.96. The summed E-state index contributed by atoms with van der Waals surface area (Å²) in [4.78, 5) is 24.0. The number of nitro groups is 1. The van der Waals surface area contributed by atoms with Gasteiger partial charge in [0, 0.05) is 20.2 Å². The number of nitro benzene ring substituents is 1. The molecular weight excluding hydrogens is 334 g/mol. The van der Waals surface area contributed by atoms with Crippen molar-refractivity contribution in [2.45, 2.75) is 0 Å². The van der Waals surface area contributed by atoms with Crippen molar-refractivity contribution >= 4 is 40.8 Å². The fraction of sp³-hybridized carbons (Fsp3) is 0.143. The summed E-state index contributed by atoms with van der Waals surface area (Å²) < 4.78 is 0. The zero-order chi connectivity index (χ0) is 17.9. The van der Waals surface area contributed by atoms with Gasteiger partial charge in [-0.05, 0) is 17.7 Å². The van der Waals surface area contributed by atoms with Crippen molar-refractivity contribution in [1.29, 1.82) is 5.26 Å². The van der Waals surface area contributed by atoms with Gasteiger partial charge in [0.15, 0.2) is 5.82 Å². The van der Waals surface area contributed by atoms with Gasteiger partial charge in [0.25, 0.3) is 5.69 Å². The fourth-order valence-electron chi connectivity index (χ4n) is 1.77. The third-order valence-electron chi connectivity index (χ3n) is 2.88. The van der Waals surface area contributed by atoms with E-state index in [9.17, 15) is 15.4 Å². The lowest BCUT2D eigenvalue weighted by molar-refractivity contribution is -0.384. The molecule has 0 aliphatic carbocycles. The van der Waals surface area contributed by atoms with E-state index in [1.54, 1.807) is 25.1 Å². The molecule has 2 rings (SSSR count). The first-order chi connectivity index (χ1) is 11.3. The lowest BCUT2D eigenvalue weighted by Crippen LogP contribution is -2.15. The van der Waals surface area contributed by atoms with Crippen molar-refractivity contribution in [2.24, 2.45) is 0 Å². The van der Waals surface area contributed by atoms with Crippen LogP contribution >= 0.6 is 11.6 Å². The van der Waals surface area contributed by atoms with Crippen molar-refractivity contribution in [1.82, 2.24) is 15.0 Å². The van der Waals surface area contributed by atoms with E-state index in [1.165, 1.54) is 18.2 Å². The number of allylic oxidation sites excluding steroid dienone is 1. The lowest BCUT2D eigenvalue weighted by atomic mass is 10.1. The van der Waals surface area contributed by atoms with Crippen LogP contribution in [-0.2, 0) is 0 Å². The SMILES string of the molecule is CN(C)c1nc(N)nc(/C(C#N)=C/c2ccc(Cl)c([N+](=O)[O-])c2)n1. The molecule has 0 atom stereocenters. The number of halogens is 1. The Kier molecular flexibility index (Phi) is 4.91. The van der Waals surface area contributed by atoms with Gasteiger partial charge in [-0.25, -0.2) is 0 Å². The molecule has 2 aromatic rings. The third kappa shape index (κ3) is 3.74. The number of hydrogen-bond acceptors (Lipinski definition) is 8. The van der Waals surface area contributed by atoms with Gasteiger partial charge in [-0.2, -0.15) is 20.2 Å². The molecule has 0 radical (unpaired) electrons. The van der Waals surface area contributed by atoms with Gasteiger partial charge in [0.05, 0.1) is 10.5 Å². The first kappa shape index (κ1) is 17.1. The number of nitrogens with zero attached hydrogens (tertiary/aromatic N) is 6. The van der Waals surface area contributed by atoms with E-state index < -0.39 is 4.92 Å².